The van der Waals surface area contributed by atoms with Crippen molar-refractivity contribution in [3.8, 4) is 11.3 Å². The van der Waals surface area contributed by atoms with E-state index in [0.29, 0.717) is 22.2 Å². The number of amides is 1. The van der Waals surface area contributed by atoms with Crippen LogP contribution in [0.5, 0.6) is 0 Å². The van der Waals surface area contributed by atoms with Gasteiger partial charge in [-0.3, -0.25) is 15.1 Å². The largest absolute Gasteiger partial charge is 0.313 e. The van der Waals surface area contributed by atoms with Gasteiger partial charge in [-0.1, -0.05) is 41.9 Å². The number of pyridine rings is 1. The fourth-order valence-electron chi connectivity index (χ4n) is 3.02. The molecule has 0 bridgehead atoms. The summed E-state index contributed by atoms with van der Waals surface area (Å²) in [4.78, 5) is 21.8. The molecular formula is C21H17ClN4O. The van der Waals surface area contributed by atoms with Gasteiger partial charge in [-0.05, 0) is 37.3 Å². The Labute approximate surface area is 161 Å². The van der Waals surface area contributed by atoms with Crippen LogP contribution in [0.4, 0.5) is 5.95 Å². The van der Waals surface area contributed by atoms with E-state index in [1.165, 1.54) is 0 Å². The number of benzene rings is 2. The van der Waals surface area contributed by atoms with Gasteiger partial charge in [0.1, 0.15) is 0 Å². The minimum absolute atomic E-state index is 0.246. The molecule has 0 radical (unpaired) electrons. The number of aromatic nitrogens is 3. The highest BCUT2D eigenvalue weighted by Crippen LogP contribution is 2.23. The van der Waals surface area contributed by atoms with E-state index >= 15 is 0 Å². The van der Waals surface area contributed by atoms with Crippen molar-refractivity contribution < 1.29 is 4.79 Å². The highest BCUT2D eigenvalue weighted by atomic mass is 35.5. The second-order valence-electron chi connectivity index (χ2n) is 6.28. The van der Waals surface area contributed by atoms with Crippen molar-refractivity contribution in [1.29, 1.82) is 0 Å². The minimum Gasteiger partial charge on any atom is -0.313 e. The van der Waals surface area contributed by atoms with Crippen molar-refractivity contribution in [1.82, 2.24) is 14.5 Å². The quantitative estimate of drug-likeness (QED) is 0.556. The van der Waals surface area contributed by atoms with E-state index in [4.69, 9.17) is 11.6 Å². The lowest BCUT2D eigenvalue weighted by molar-refractivity contribution is 0.102. The van der Waals surface area contributed by atoms with Crippen molar-refractivity contribution in [2.45, 2.75) is 6.92 Å². The van der Waals surface area contributed by atoms with Crippen molar-refractivity contribution in [3.05, 3.63) is 76.9 Å². The first-order chi connectivity index (χ1) is 13.0. The van der Waals surface area contributed by atoms with Crippen LogP contribution in [-0.2, 0) is 7.05 Å². The summed E-state index contributed by atoms with van der Waals surface area (Å²) in [5, 5.41) is 3.47. The molecule has 1 amide bonds. The van der Waals surface area contributed by atoms with Gasteiger partial charge in [-0.25, -0.2) is 4.98 Å². The average Bonchev–Trinajstić information content (AvgIpc) is 2.97. The fraction of sp³-hybridized carbons (Fsp3) is 0.0952. The number of imidazole rings is 1. The summed E-state index contributed by atoms with van der Waals surface area (Å²) >= 11 is 6.02. The van der Waals surface area contributed by atoms with Gasteiger partial charge in [0, 0.05) is 17.6 Å². The Kier molecular flexibility index (Phi) is 4.38. The van der Waals surface area contributed by atoms with Crippen LogP contribution in [0.3, 0.4) is 0 Å². The van der Waals surface area contributed by atoms with Crippen molar-refractivity contribution in [2.75, 3.05) is 5.32 Å². The maximum atomic E-state index is 12.7. The van der Waals surface area contributed by atoms with Crippen LogP contribution >= 0.6 is 11.6 Å². The Morgan fingerprint density at radius 3 is 2.56 bits per heavy atom. The molecule has 6 heteroatoms. The van der Waals surface area contributed by atoms with Crippen LogP contribution in [0.25, 0.3) is 22.3 Å². The number of carbonyl (C=O) groups is 1. The lowest BCUT2D eigenvalue weighted by atomic mass is 10.1. The molecule has 2 aromatic carbocycles. The molecule has 0 fully saturated rings. The Morgan fingerprint density at radius 1 is 1.04 bits per heavy atom. The van der Waals surface area contributed by atoms with Crippen LogP contribution < -0.4 is 5.32 Å². The third kappa shape index (κ3) is 3.29. The summed E-state index contributed by atoms with van der Waals surface area (Å²) < 4.78 is 1.82. The number of anilines is 1. The molecule has 27 heavy (non-hydrogen) atoms. The third-order valence-electron chi connectivity index (χ3n) is 4.47. The lowest BCUT2D eigenvalue weighted by Gasteiger charge is -2.09. The van der Waals surface area contributed by atoms with E-state index in [9.17, 15) is 4.79 Å². The molecule has 0 aliphatic rings. The fourth-order valence-corrected chi connectivity index (χ4v) is 3.19. The van der Waals surface area contributed by atoms with Crippen molar-refractivity contribution in [3.63, 3.8) is 0 Å². The molecule has 4 aromatic rings. The Morgan fingerprint density at radius 2 is 1.81 bits per heavy atom. The number of carbonyl (C=O) groups excluding carboxylic acids is 1. The van der Waals surface area contributed by atoms with Gasteiger partial charge in [-0.2, -0.15) is 0 Å². The second kappa shape index (κ2) is 6.85. The van der Waals surface area contributed by atoms with Gasteiger partial charge >= 0.3 is 0 Å². The second-order valence-corrected chi connectivity index (χ2v) is 6.71. The molecule has 0 saturated heterocycles. The molecule has 0 aliphatic carbocycles. The first-order valence-electron chi connectivity index (χ1n) is 8.49. The van der Waals surface area contributed by atoms with Crippen LogP contribution in [0.15, 0.2) is 60.7 Å². The minimum atomic E-state index is -0.246. The summed E-state index contributed by atoms with van der Waals surface area (Å²) in [6.07, 6.45) is 0. The Hall–Kier alpha value is -3.18. The van der Waals surface area contributed by atoms with Crippen LogP contribution in [0, 0.1) is 6.92 Å². The summed E-state index contributed by atoms with van der Waals surface area (Å²) in [6.45, 7) is 1.83. The number of halogens is 1. The zero-order chi connectivity index (χ0) is 19.0. The van der Waals surface area contributed by atoms with Crippen LogP contribution in [0.1, 0.15) is 16.1 Å². The topological polar surface area (TPSA) is 59.8 Å². The van der Waals surface area contributed by atoms with Gasteiger partial charge < -0.3 is 4.57 Å². The van der Waals surface area contributed by atoms with Crippen LogP contribution in [0.2, 0.25) is 5.02 Å². The van der Waals surface area contributed by atoms with Gasteiger partial charge in [0.25, 0.3) is 5.91 Å². The van der Waals surface area contributed by atoms with Gasteiger partial charge in [0.05, 0.1) is 28.0 Å². The molecule has 0 unspecified atom stereocenters. The molecule has 1 N–H and O–H groups in total. The van der Waals surface area contributed by atoms with Crippen molar-refractivity contribution >= 4 is 34.5 Å². The first kappa shape index (κ1) is 17.2. The van der Waals surface area contributed by atoms with Gasteiger partial charge in [0.2, 0.25) is 5.95 Å². The normalized spacial score (nSPS) is 10.9. The Balaban J connectivity index is 1.63. The van der Waals surface area contributed by atoms with Crippen LogP contribution in [-0.4, -0.2) is 20.4 Å². The number of rotatable bonds is 3. The third-order valence-corrected chi connectivity index (χ3v) is 4.70. The summed E-state index contributed by atoms with van der Waals surface area (Å²) in [5.41, 5.74) is 4.65. The van der Waals surface area contributed by atoms with E-state index in [2.05, 4.69) is 15.3 Å². The lowest BCUT2D eigenvalue weighted by Crippen LogP contribution is -2.16. The molecule has 0 atom stereocenters. The van der Waals surface area contributed by atoms with E-state index < -0.39 is 0 Å². The summed E-state index contributed by atoms with van der Waals surface area (Å²) in [7, 11) is 1.85. The molecule has 5 nitrogen and oxygen atoms in total. The number of hydrogen-bond acceptors (Lipinski definition) is 3. The van der Waals surface area contributed by atoms with Gasteiger partial charge in [-0.15, -0.1) is 0 Å². The molecular weight excluding hydrogens is 360 g/mol. The molecule has 2 aromatic heterocycles. The maximum Gasteiger partial charge on any atom is 0.259 e. The molecule has 0 aliphatic heterocycles. The predicted octanol–water partition coefficient (Wildman–Crippen LogP) is 4.85. The zero-order valence-electron chi connectivity index (χ0n) is 14.9. The van der Waals surface area contributed by atoms with Crippen molar-refractivity contribution in [2.24, 2.45) is 7.05 Å². The van der Waals surface area contributed by atoms with E-state index in [1.807, 2.05) is 61.0 Å². The molecule has 0 spiro atoms. The van der Waals surface area contributed by atoms with E-state index in [0.717, 1.165) is 22.3 Å². The summed E-state index contributed by atoms with van der Waals surface area (Å²) in [6, 6.07) is 19.0. The number of hydrogen-bond donors (Lipinski definition) is 1. The number of nitrogens with one attached hydrogen (secondary N) is 1. The number of fused-ring (bicyclic) bond motifs is 1. The monoisotopic (exact) mass is 376 g/mol. The Bertz CT molecular complexity index is 1150. The smallest absolute Gasteiger partial charge is 0.259 e. The van der Waals surface area contributed by atoms with Gasteiger partial charge in [0.15, 0.2) is 0 Å². The SMILES string of the molecule is Cc1nc(-c2ccccc2)ccc1C(=O)Nc1nc2cc(Cl)ccc2n1C. The maximum absolute atomic E-state index is 12.7. The molecule has 134 valence electrons. The summed E-state index contributed by atoms with van der Waals surface area (Å²) in [5.74, 6) is 0.216. The average molecular weight is 377 g/mol. The predicted molar refractivity (Wildman–Crippen MR) is 108 cm³/mol. The standard InChI is InChI=1S/C21H17ClN4O/c1-13-16(9-10-17(23-13)14-6-4-3-5-7-14)20(27)25-21-24-18-12-15(22)8-11-19(18)26(21)2/h3-12H,1-2H3,(H,24,25,27). The number of nitrogens with zero attached hydrogens (tertiary/aromatic N) is 3. The van der Waals surface area contributed by atoms with E-state index in [1.54, 1.807) is 18.2 Å². The first-order valence-corrected chi connectivity index (χ1v) is 8.87. The zero-order valence-corrected chi connectivity index (χ0v) is 15.7. The molecule has 4 rings (SSSR count). The van der Waals surface area contributed by atoms with E-state index in [-0.39, 0.29) is 5.91 Å². The number of aryl methyl sites for hydroxylation is 2. The highest BCUT2D eigenvalue weighted by Gasteiger charge is 2.15. The highest BCUT2D eigenvalue weighted by molar-refractivity contribution is 6.31. The molecule has 2 heterocycles. The molecule has 0 saturated carbocycles.